The number of rotatable bonds is 1. The number of hydrogen-bond acceptors (Lipinski definition) is 3. The Morgan fingerprint density at radius 2 is 2.23 bits per heavy atom. The third-order valence-electron chi connectivity index (χ3n) is 2.54. The molecule has 72 valence electrons. The fourth-order valence-corrected chi connectivity index (χ4v) is 1.48. The Bertz CT molecular complexity index is 260. The van der Waals surface area contributed by atoms with Gasteiger partial charge in [0.1, 0.15) is 0 Å². The second-order valence-electron chi connectivity index (χ2n) is 3.73. The van der Waals surface area contributed by atoms with E-state index in [9.17, 15) is 9.59 Å². The minimum absolute atomic E-state index is 0.0673. The Labute approximate surface area is 76.3 Å². The number of piperazine rings is 1. The first-order valence-electron chi connectivity index (χ1n) is 4.47. The first-order valence-corrected chi connectivity index (χ1v) is 4.47. The van der Waals surface area contributed by atoms with E-state index in [-0.39, 0.29) is 18.4 Å². The average Bonchev–Trinajstić information content (AvgIpc) is 2.84. The van der Waals surface area contributed by atoms with E-state index in [0.717, 1.165) is 12.8 Å². The summed E-state index contributed by atoms with van der Waals surface area (Å²) in [4.78, 5) is 24.2. The molecule has 0 bridgehead atoms. The molecule has 1 saturated carbocycles. The highest BCUT2D eigenvalue weighted by Crippen LogP contribution is 2.34. The Morgan fingerprint density at radius 3 is 2.77 bits per heavy atom. The van der Waals surface area contributed by atoms with E-state index in [1.807, 2.05) is 0 Å². The molecule has 2 rings (SSSR count). The summed E-state index contributed by atoms with van der Waals surface area (Å²) >= 11 is 0. The lowest BCUT2D eigenvalue weighted by Crippen LogP contribution is -2.55. The Balaban J connectivity index is 1.99. The van der Waals surface area contributed by atoms with E-state index in [1.165, 1.54) is 0 Å². The van der Waals surface area contributed by atoms with E-state index in [0.29, 0.717) is 13.1 Å². The second-order valence-corrected chi connectivity index (χ2v) is 3.73. The van der Waals surface area contributed by atoms with Gasteiger partial charge in [-0.15, -0.1) is 0 Å². The molecule has 1 saturated heterocycles. The minimum Gasteiger partial charge on any atom is -0.353 e. The molecule has 1 heterocycles. The van der Waals surface area contributed by atoms with Gasteiger partial charge >= 0.3 is 0 Å². The van der Waals surface area contributed by atoms with Crippen molar-refractivity contribution in [1.29, 1.82) is 0 Å². The highest BCUT2D eigenvalue weighted by atomic mass is 16.2. The molecule has 1 aliphatic heterocycles. The van der Waals surface area contributed by atoms with Crippen molar-refractivity contribution in [2.75, 3.05) is 19.6 Å². The van der Waals surface area contributed by atoms with Crippen LogP contribution in [0.2, 0.25) is 0 Å². The van der Waals surface area contributed by atoms with Gasteiger partial charge in [-0.1, -0.05) is 0 Å². The molecule has 2 fully saturated rings. The van der Waals surface area contributed by atoms with Gasteiger partial charge in [0, 0.05) is 13.1 Å². The number of nitrogens with zero attached hydrogens (tertiary/aromatic N) is 1. The van der Waals surface area contributed by atoms with Gasteiger partial charge in [0.2, 0.25) is 11.8 Å². The monoisotopic (exact) mass is 183 g/mol. The van der Waals surface area contributed by atoms with Crippen molar-refractivity contribution in [2.24, 2.45) is 5.73 Å². The van der Waals surface area contributed by atoms with Crippen molar-refractivity contribution in [2.45, 2.75) is 18.4 Å². The molecule has 2 amide bonds. The van der Waals surface area contributed by atoms with Crippen molar-refractivity contribution in [1.82, 2.24) is 10.2 Å². The number of nitrogens with two attached hydrogens (primary N) is 1. The van der Waals surface area contributed by atoms with E-state index in [2.05, 4.69) is 5.32 Å². The van der Waals surface area contributed by atoms with Crippen LogP contribution in [0.1, 0.15) is 12.8 Å². The van der Waals surface area contributed by atoms with E-state index >= 15 is 0 Å². The van der Waals surface area contributed by atoms with Crippen LogP contribution in [0.15, 0.2) is 0 Å². The first-order chi connectivity index (χ1) is 6.12. The quantitative estimate of drug-likeness (QED) is 0.516. The zero-order valence-corrected chi connectivity index (χ0v) is 7.38. The molecule has 2 aliphatic rings. The number of nitrogens with one attached hydrogen (secondary N) is 1. The minimum atomic E-state index is -0.641. The molecule has 1 aliphatic carbocycles. The first kappa shape index (κ1) is 8.50. The van der Waals surface area contributed by atoms with Crippen molar-refractivity contribution >= 4 is 11.8 Å². The summed E-state index contributed by atoms with van der Waals surface area (Å²) in [5.41, 5.74) is 5.10. The van der Waals surface area contributed by atoms with E-state index < -0.39 is 5.54 Å². The fraction of sp³-hybridized carbons (Fsp3) is 0.750. The molecular weight excluding hydrogens is 170 g/mol. The van der Waals surface area contributed by atoms with E-state index in [1.54, 1.807) is 4.90 Å². The topological polar surface area (TPSA) is 75.4 Å². The molecule has 0 spiro atoms. The van der Waals surface area contributed by atoms with Crippen LogP contribution in [-0.2, 0) is 9.59 Å². The van der Waals surface area contributed by atoms with Crippen molar-refractivity contribution in [3.05, 3.63) is 0 Å². The van der Waals surface area contributed by atoms with Crippen molar-refractivity contribution in [3.8, 4) is 0 Å². The predicted octanol–water partition coefficient (Wildman–Crippen LogP) is -1.56. The zero-order valence-electron chi connectivity index (χ0n) is 7.38. The van der Waals surface area contributed by atoms with Crippen LogP contribution in [0, 0.1) is 0 Å². The molecule has 0 aromatic carbocycles. The lowest BCUT2D eigenvalue weighted by atomic mass is 10.2. The van der Waals surface area contributed by atoms with Gasteiger partial charge in [0.05, 0.1) is 12.1 Å². The maximum Gasteiger partial charge on any atom is 0.243 e. The standard InChI is InChI=1S/C8H13N3O2/c9-8(1-2-8)7(13)11-4-3-10-6(12)5-11/h1-5,9H2,(H,10,12). The van der Waals surface area contributed by atoms with Crippen molar-refractivity contribution in [3.63, 3.8) is 0 Å². The molecule has 0 atom stereocenters. The number of carbonyl (C=O) groups excluding carboxylic acids is 2. The molecular formula is C8H13N3O2. The number of carbonyl (C=O) groups is 2. The van der Waals surface area contributed by atoms with Crippen LogP contribution in [0.3, 0.4) is 0 Å². The molecule has 0 radical (unpaired) electrons. The predicted molar refractivity (Wildman–Crippen MR) is 45.7 cm³/mol. The van der Waals surface area contributed by atoms with Gasteiger partial charge in [-0.3, -0.25) is 9.59 Å². The molecule has 0 aromatic rings. The smallest absolute Gasteiger partial charge is 0.243 e. The molecule has 5 nitrogen and oxygen atoms in total. The van der Waals surface area contributed by atoms with Gasteiger partial charge in [-0.2, -0.15) is 0 Å². The molecule has 13 heavy (non-hydrogen) atoms. The third-order valence-corrected chi connectivity index (χ3v) is 2.54. The maximum absolute atomic E-state index is 11.6. The highest BCUT2D eigenvalue weighted by Gasteiger charge is 2.48. The summed E-state index contributed by atoms with van der Waals surface area (Å²) in [5.74, 6) is -0.161. The Kier molecular flexibility index (Phi) is 1.76. The third kappa shape index (κ3) is 1.51. The summed E-state index contributed by atoms with van der Waals surface area (Å²) in [5, 5.41) is 2.67. The zero-order chi connectivity index (χ0) is 9.47. The lowest BCUT2D eigenvalue weighted by molar-refractivity contribution is -0.139. The van der Waals surface area contributed by atoms with Gasteiger partial charge < -0.3 is 16.0 Å². The van der Waals surface area contributed by atoms with Crippen LogP contribution in [0.5, 0.6) is 0 Å². The summed E-state index contributed by atoms with van der Waals surface area (Å²) in [6.45, 7) is 1.29. The lowest BCUT2D eigenvalue weighted by Gasteiger charge is -2.28. The van der Waals surface area contributed by atoms with Crippen LogP contribution in [-0.4, -0.2) is 41.9 Å². The van der Waals surface area contributed by atoms with Gasteiger partial charge in [-0.25, -0.2) is 0 Å². The number of hydrogen-bond donors (Lipinski definition) is 2. The van der Waals surface area contributed by atoms with Crippen molar-refractivity contribution < 1.29 is 9.59 Å². The fourth-order valence-electron chi connectivity index (χ4n) is 1.48. The molecule has 0 aromatic heterocycles. The maximum atomic E-state index is 11.6. The van der Waals surface area contributed by atoms with Crippen LogP contribution >= 0.6 is 0 Å². The summed E-state index contributed by atoms with van der Waals surface area (Å²) < 4.78 is 0. The Hall–Kier alpha value is -1.10. The summed E-state index contributed by atoms with van der Waals surface area (Å²) in [6, 6.07) is 0. The summed E-state index contributed by atoms with van der Waals surface area (Å²) in [7, 11) is 0. The SMILES string of the molecule is NC1(C(=O)N2CCNC(=O)C2)CC1. The summed E-state index contributed by atoms with van der Waals surface area (Å²) in [6.07, 6.45) is 1.51. The second kappa shape index (κ2) is 2.70. The average molecular weight is 183 g/mol. The Morgan fingerprint density at radius 1 is 1.54 bits per heavy atom. The van der Waals surface area contributed by atoms with E-state index in [4.69, 9.17) is 5.73 Å². The largest absolute Gasteiger partial charge is 0.353 e. The molecule has 3 N–H and O–H groups in total. The van der Waals surface area contributed by atoms with Gasteiger partial charge in [-0.05, 0) is 12.8 Å². The van der Waals surface area contributed by atoms with Gasteiger partial charge in [0.15, 0.2) is 0 Å². The molecule has 5 heteroatoms. The normalized spacial score (nSPS) is 25.3. The van der Waals surface area contributed by atoms with Crippen LogP contribution in [0.25, 0.3) is 0 Å². The molecule has 0 unspecified atom stereocenters. The van der Waals surface area contributed by atoms with Crippen LogP contribution < -0.4 is 11.1 Å². The van der Waals surface area contributed by atoms with Crippen LogP contribution in [0.4, 0.5) is 0 Å². The highest BCUT2D eigenvalue weighted by molar-refractivity contribution is 5.93. The van der Waals surface area contributed by atoms with Gasteiger partial charge in [0.25, 0.3) is 0 Å². The number of amides is 2.